The second kappa shape index (κ2) is 9.86. The summed E-state index contributed by atoms with van der Waals surface area (Å²) in [7, 11) is 0. The molecule has 0 saturated carbocycles. The monoisotopic (exact) mass is 365 g/mol. The molecule has 4 N–H and O–H groups in total. The minimum atomic E-state index is -0.229. The van der Waals surface area contributed by atoms with Crippen molar-refractivity contribution in [1.82, 2.24) is 5.32 Å². The number of carbonyl (C=O) groups excluding carboxylic acids is 2. The molecule has 1 unspecified atom stereocenters. The highest BCUT2D eigenvalue weighted by Gasteiger charge is 2.11. The number of benzene rings is 1. The maximum atomic E-state index is 12.1. The number of carbonyl (C=O) groups is 2. The molecule has 1 heterocycles. The summed E-state index contributed by atoms with van der Waals surface area (Å²) in [4.78, 5) is 24.0. The van der Waals surface area contributed by atoms with Crippen LogP contribution in [-0.2, 0) is 17.9 Å². The number of anilines is 1. The second-order valence-corrected chi connectivity index (χ2v) is 5.69. The topological polar surface area (TPSA) is 97.4 Å². The summed E-state index contributed by atoms with van der Waals surface area (Å²) in [6, 6.07) is 9.03. The molecule has 0 aliphatic carbocycles. The molecule has 6 nitrogen and oxygen atoms in total. The Balaban J connectivity index is 0.00000312. The van der Waals surface area contributed by atoms with Gasteiger partial charge < -0.3 is 20.8 Å². The van der Waals surface area contributed by atoms with Crippen LogP contribution in [0.3, 0.4) is 0 Å². The molecule has 136 valence electrons. The zero-order chi connectivity index (χ0) is 17.5. The van der Waals surface area contributed by atoms with Crippen LogP contribution in [0.2, 0.25) is 0 Å². The Morgan fingerprint density at radius 1 is 1.28 bits per heavy atom. The van der Waals surface area contributed by atoms with Gasteiger partial charge in [0.05, 0.1) is 12.1 Å². The number of rotatable bonds is 7. The van der Waals surface area contributed by atoms with E-state index in [0.717, 1.165) is 17.7 Å². The third-order valence-corrected chi connectivity index (χ3v) is 3.82. The third-order valence-electron chi connectivity index (χ3n) is 3.82. The van der Waals surface area contributed by atoms with Crippen LogP contribution in [0.4, 0.5) is 5.69 Å². The molecule has 25 heavy (non-hydrogen) atoms. The lowest BCUT2D eigenvalue weighted by molar-refractivity contribution is -0.119. The number of hydrogen-bond acceptors (Lipinski definition) is 4. The quantitative estimate of drug-likeness (QED) is 0.702. The van der Waals surface area contributed by atoms with Crippen molar-refractivity contribution in [1.29, 1.82) is 0 Å². The first-order valence-corrected chi connectivity index (χ1v) is 7.99. The van der Waals surface area contributed by atoms with Crippen LogP contribution in [0.15, 0.2) is 41.0 Å². The minimum absolute atomic E-state index is 0. The summed E-state index contributed by atoms with van der Waals surface area (Å²) >= 11 is 0. The fourth-order valence-electron chi connectivity index (χ4n) is 2.10. The Hall–Kier alpha value is -2.31. The first-order chi connectivity index (χ1) is 11.5. The Morgan fingerprint density at radius 2 is 2.04 bits per heavy atom. The molecule has 0 radical (unpaired) electrons. The van der Waals surface area contributed by atoms with E-state index >= 15 is 0 Å². The van der Waals surface area contributed by atoms with Crippen LogP contribution in [0, 0.1) is 5.92 Å². The van der Waals surface area contributed by atoms with Crippen LogP contribution in [0.25, 0.3) is 0 Å². The van der Waals surface area contributed by atoms with Crippen LogP contribution in [0.5, 0.6) is 0 Å². The van der Waals surface area contributed by atoms with E-state index in [9.17, 15) is 9.59 Å². The number of hydrogen-bond donors (Lipinski definition) is 3. The molecule has 0 aliphatic rings. The van der Waals surface area contributed by atoms with Crippen LogP contribution < -0.4 is 16.4 Å². The van der Waals surface area contributed by atoms with E-state index < -0.39 is 0 Å². The van der Waals surface area contributed by atoms with Crippen LogP contribution in [0.1, 0.15) is 41.9 Å². The van der Waals surface area contributed by atoms with Gasteiger partial charge in [0.25, 0.3) is 5.91 Å². The van der Waals surface area contributed by atoms with Crippen molar-refractivity contribution in [2.75, 3.05) is 5.32 Å². The van der Waals surface area contributed by atoms with Crippen molar-refractivity contribution in [3.63, 3.8) is 0 Å². The Morgan fingerprint density at radius 3 is 2.68 bits per heavy atom. The summed E-state index contributed by atoms with van der Waals surface area (Å²) in [5.74, 6) is 0.292. The van der Waals surface area contributed by atoms with E-state index in [0.29, 0.717) is 17.9 Å². The van der Waals surface area contributed by atoms with Gasteiger partial charge in [-0.2, -0.15) is 0 Å². The number of furan rings is 1. The van der Waals surface area contributed by atoms with Gasteiger partial charge in [-0.25, -0.2) is 0 Å². The Bertz CT molecular complexity index is 715. The van der Waals surface area contributed by atoms with Gasteiger partial charge in [-0.1, -0.05) is 26.0 Å². The van der Waals surface area contributed by atoms with Gasteiger partial charge in [-0.3, -0.25) is 9.59 Å². The van der Waals surface area contributed by atoms with E-state index in [-0.39, 0.29) is 36.7 Å². The predicted octanol–water partition coefficient (Wildman–Crippen LogP) is 3.07. The highest BCUT2D eigenvalue weighted by atomic mass is 35.5. The average Bonchev–Trinajstić information content (AvgIpc) is 3.08. The molecular weight excluding hydrogens is 342 g/mol. The van der Waals surface area contributed by atoms with Gasteiger partial charge in [0, 0.05) is 18.2 Å². The first-order valence-electron chi connectivity index (χ1n) is 7.99. The lowest BCUT2D eigenvalue weighted by atomic mass is 10.1. The SMILES string of the molecule is CCC(C)C(=O)Nc1cccc(CNC(=O)c2coc(CN)c2)c1.Cl. The molecule has 1 aromatic heterocycles. The summed E-state index contributed by atoms with van der Waals surface area (Å²) < 4.78 is 5.15. The van der Waals surface area contributed by atoms with Crippen molar-refractivity contribution in [3.8, 4) is 0 Å². The summed E-state index contributed by atoms with van der Waals surface area (Å²) in [6.45, 7) is 4.47. The van der Waals surface area contributed by atoms with E-state index in [1.807, 2.05) is 38.1 Å². The number of nitrogens with one attached hydrogen (secondary N) is 2. The molecule has 0 spiro atoms. The molecule has 7 heteroatoms. The average molecular weight is 366 g/mol. The van der Waals surface area contributed by atoms with Crippen molar-refractivity contribution < 1.29 is 14.0 Å². The fraction of sp³-hybridized carbons (Fsp3) is 0.333. The van der Waals surface area contributed by atoms with Crippen molar-refractivity contribution in [3.05, 3.63) is 53.5 Å². The third kappa shape index (κ3) is 5.92. The molecule has 0 bridgehead atoms. The maximum Gasteiger partial charge on any atom is 0.254 e. The molecule has 1 atom stereocenters. The molecule has 1 aromatic carbocycles. The molecule has 0 saturated heterocycles. The zero-order valence-corrected chi connectivity index (χ0v) is 15.2. The summed E-state index contributed by atoms with van der Waals surface area (Å²) in [5.41, 5.74) is 7.52. The number of amides is 2. The smallest absolute Gasteiger partial charge is 0.254 e. The van der Waals surface area contributed by atoms with Gasteiger partial charge in [0.2, 0.25) is 5.91 Å². The van der Waals surface area contributed by atoms with E-state index in [4.69, 9.17) is 10.2 Å². The van der Waals surface area contributed by atoms with Crippen molar-refractivity contribution in [2.45, 2.75) is 33.4 Å². The molecule has 2 amide bonds. The largest absolute Gasteiger partial charge is 0.467 e. The molecule has 0 fully saturated rings. The molecule has 2 aromatic rings. The van der Waals surface area contributed by atoms with E-state index in [2.05, 4.69) is 10.6 Å². The highest BCUT2D eigenvalue weighted by molar-refractivity contribution is 5.94. The zero-order valence-electron chi connectivity index (χ0n) is 14.4. The number of nitrogens with two attached hydrogens (primary N) is 1. The van der Waals surface area contributed by atoms with Crippen LogP contribution in [-0.4, -0.2) is 11.8 Å². The van der Waals surface area contributed by atoms with Gasteiger partial charge in [-0.15, -0.1) is 12.4 Å². The van der Waals surface area contributed by atoms with E-state index in [1.54, 1.807) is 6.07 Å². The Labute approximate surface area is 153 Å². The second-order valence-electron chi connectivity index (χ2n) is 5.69. The minimum Gasteiger partial charge on any atom is -0.467 e. The van der Waals surface area contributed by atoms with Gasteiger partial charge in [-0.05, 0) is 30.2 Å². The van der Waals surface area contributed by atoms with Gasteiger partial charge >= 0.3 is 0 Å². The number of halogens is 1. The standard InChI is InChI=1S/C18H23N3O3.ClH/c1-3-12(2)17(22)21-15-6-4-5-13(7-15)10-20-18(23)14-8-16(9-19)24-11-14;/h4-8,11-12H,3,9-10,19H2,1-2H3,(H,20,23)(H,21,22);1H. The molecule has 2 rings (SSSR count). The fourth-order valence-corrected chi connectivity index (χ4v) is 2.10. The summed E-state index contributed by atoms with van der Waals surface area (Å²) in [5, 5.41) is 5.70. The highest BCUT2D eigenvalue weighted by Crippen LogP contribution is 2.13. The van der Waals surface area contributed by atoms with Gasteiger partial charge in [0.1, 0.15) is 12.0 Å². The van der Waals surface area contributed by atoms with Crippen molar-refractivity contribution >= 4 is 29.9 Å². The lowest BCUT2D eigenvalue weighted by Crippen LogP contribution is -2.22. The lowest BCUT2D eigenvalue weighted by Gasteiger charge is -2.11. The maximum absolute atomic E-state index is 12.1. The summed E-state index contributed by atoms with van der Waals surface area (Å²) in [6.07, 6.45) is 2.18. The van der Waals surface area contributed by atoms with Gasteiger partial charge in [0.15, 0.2) is 0 Å². The van der Waals surface area contributed by atoms with Crippen LogP contribution >= 0.6 is 12.4 Å². The van der Waals surface area contributed by atoms with E-state index in [1.165, 1.54) is 6.26 Å². The Kier molecular flexibility index (Phi) is 8.18. The molecular formula is C18H24ClN3O3. The molecule has 0 aliphatic heterocycles. The van der Waals surface area contributed by atoms with Crippen molar-refractivity contribution in [2.24, 2.45) is 11.7 Å². The first kappa shape index (κ1) is 20.7. The normalized spacial score (nSPS) is 11.3. The predicted molar refractivity (Wildman–Crippen MR) is 99.5 cm³/mol.